The van der Waals surface area contributed by atoms with Crippen LogP contribution in [-0.2, 0) is 16.0 Å². The number of fused-ring (bicyclic) bond motifs is 1. The number of benzene rings is 1. The van der Waals surface area contributed by atoms with Crippen LogP contribution in [0.3, 0.4) is 0 Å². The van der Waals surface area contributed by atoms with Gasteiger partial charge in [-0.2, -0.15) is 0 Å². The maximum Gasteiger partial charge on any atom is 0.342 e. The average molecular weight is 388 g/mol. The minimum atomic E-state index is -1.53. The highest BCUT2D eigenvalue weighted by Crippen LogP contribution is 2.28. The van der Waals surface area contributed by atoms with E-state index >= 15 is 0 Å². The van der Waals surface area contributed by atoms with Gasteiger partial charge in [0, 0.05) is 5.92 Å². The van der Waals surface area contributed by atoms with E-state index in [2.05, 4.69) is 0 Å². The van der Waals surface area contributed by atoms with Crippen LogP contribution in [0, 0.1) is 5.92 Å². The molecule has 1 aromatic carbocycles. The number of aliphatic hydroxyl groups is 2. The van der Waals surface area contributed by atoms with Crippen molar-refractivity contribution in [2.75, 3.05) is 0 Å². The van der Waals surface area contributed by atoms with Crippen LogP contribution in [0.1, 0.15) is 55.1 Å². The third-order valence-electron chi connectivity index (χ3n) is 4.88. The fraction of sp³-hybridized carbons (Fsp3) is 0.455. The molecule has 1 aromatic rings. The number of phenolic OH excluding ortho intramolecular Hbond substituents is 1. The molecule has 28 heavy (non-hydrogen) atoms. The largest absolute Gasteiger partial charge is 0.507 e. The molecule has 152 valence electrons. The van der Waals surface area contributed by atoms with Crippen molar-refractivity contribution in [3.8, 4) is 5.75 Å². The summed E-state index contributed by atoms with van der Waals surface area (Å²) in [6.45, 7) is 5.46. The van der Waals surface area contributed by atoms with Gasteiger partial charge in [0.1, 0.15) is 23.5 Å². The van der Waals surface area contributed by atoms with Crippen LogP contribution in [0.25, 0.3) is 6.08 Å². The van der Waals surface area contributed by atoms with E-state index < -0.39 is 30.1 Å². The van der Waals surface area contributed by atoms with Gasteiger partial charge in [0.05, 0.1) is 6.10 Å². The lowest BCUT2D eigenvalue weighted by Gasteiger charge is -2.20. The molecule has 3 N–H and O–H groups in total. The van der Waals surface area contributed by atoms with E-state index in [1.165, 1.54) is 12.2 Å². The molecule has 0 spiro atoms. The second-order valence-corrected chi connectivity index (χ2v) is 7.21. The van der Waals surface area contributed by atoms with E-state index in [0.717, 1.165) is 18.4 Å². The lowest BCUT2D eigenvalue weighted by atomic mass is 9.97. The summed E-state index contributed by atoms with van der Waals surface area (Å²) in [6, 6.07) is 3.36. The van der Waals surface area contributed by atoms with E-state index in [9.17, 15) is 24.9 Å². The van der Waals surface area contributed by atoms with Gasteiger partial charge in [-0.3, -0.25) is 4.79 Å². The topological polar surface area (TPSA) is 104 Å². The summed E-state index contributed by atoms with van der Waals surface area (Å²) >= 11 is 0. The van der Waals surface area contributed by atoms with Crippen molar-refractivity contribution in [3.05, 3.63) is 47.1 Å². The number of ketones is 1. The van der Waals surface area contributed by atoms with E-state index in [4.69, 9.17) is 4.74 Å². The molecule has 0 unspecified atom stereocenters. The van der Waals surface area contributed by atoms with Gasteiger partial charge in [-0.1, -0.05) is 44.6 Å². The SMILES string of the molecule is CCCc1cc(O)c2c(c1)/C=C/C[C@H](O)[C@H](O)C(=O)/C=C\[C@@H](C)[C@H](C)OC2=O. The molecule has 0 fully saturated rings. The van der Waals surface area contributed by atoms with Crippen LogP contribution in [-0.4, -0.2) is 45.4 Å². The fourth-order valence-corrected chi connectivity index (χ4v) is 2.99. The first-order valence-electron chi connectivity index (χ1n) is 9.56. The summed E-state index contributed by atoms with van der Waals surface area (Å²) in [4.78, 5) is 24.7. The number of aromatic hydroxyl groups is 1. The lowest BCUT2D eigenvalue weighted by molar-refractivity contribution is -0.127. The minimum absolute atomic E-state index is 0.0138. The molecule has 0 aliphatic carbocycles. The Morgan fingerprint density at radius 2 is 1.86 bits per heavy atom. The zero-order chi connectivity index (χ0) is 20.8. The molecule has 6 heteroatoms. The number of rotatable bonds is 2. The number of carbonyl (C=O) groups excluding carboxylic acids is 2. The van der Waals surface area contributed by atoms with Crippen LogP contribution in [0.2, 0.25) is 0 Å². The number of esters is 1. The van der Waals surface area contributed by atoms with Gasteiger partial charge >= 0.3 is 5.97 Å². The number of ether oxygens (including phenoxy) is 1. The molecule has 1 heterocycles. The summed E-state index contributed by atoms with van der Waals surface area (Å²) in [5.41, 5.74) is 1.40. The number of aliphatic hydroxyl groups excluding tert-OH is 2. The highest BCUT2D eigenvalue weighted by Gasteiger charge is 2.25. The van der Waals surface area contributed by atoms with Gasteiger partial charge in [-0.15, -0.1) is 0 Å². The van der Waals surface area contributed by atoms with E-state index in [1.807, 2.05) is 6.92 Å². The number of phenols is 1. The third kappa shape index (κ3) is 5.30. The van der Waals surface area contributed by atoms with E-state index in [-0.39, 0.29) is 23.7 Å². The Bertz CT molecular complexity index is 779. The standard InChI is InChI=1S/C22H28O6/c1-4-6-15-11-16-7-5-8-17(23)21(26)18(24)10-9-13(2)14(3)28-22(27)20(16)19(25)12-15/h5,7,9-14,17,21,23,25-26H,4,6,8H2,1-3H3/b7-5+,10-9-/t13-,14+,17+,21+/m1/s1. The Balaban J connectivity index is 2.50. The molecule has 4 atom stereocenters. The van der Waals surface area contributed by atoms with Crippen molar-refractivity contribution in [3.63, 3.8) is 0 Å². The minimum Gasteiger partial charge on any atom is -0.507 e. The van der Waals surface area contributed by atoms with Crippen molar-refractivity contribution in [1.29, 1.82) is 0 Å². The fourth-order valence-electron chi connectivity index (χ4n) is 2.99. The van der Waals surface area contributed by atoms with Gasteiger partial charge in [0.2, 0.25) is 0 Å². The normalized spacial score (nSPS) is 28.8. The summed E-state index contributed by atoms with van der Waals surface area (Å²) in [5.74, 6) is -1.72. The van der Waals surface area contributed by atoms with Crippen LogP contribution in [0.15, 0.2) is 30.4 Å². The molecule has 0 saturated carbocycles. The van der Waals surface area contributed by atoms with Gasteiger partial charge in [0.15, 0.2) is 5.78 Å². The first-order chi connectivity index (χ1) is 13.2. The summed E-state index contributed by atoms with van der Waals surface area (Å²) in [6.07, 6.45) is 4.13. The first kappa shape index (κ1) is 21.9. The molecule has 2 rings (SSSR count). The van der Waals surface area contributed by atoms with Crippen molar-refractivity contribution >= 4 is 17.8 Å². The van der Waals surface area contributed by atoms with Crippen LogP contribution in [0.4, 0.5) is 0 Å². The highest BCUT2D eigenvalue weighted by molar-refractivity contribution is 5.97. The second kappa shape index (κ2) is 9.66. The quantitative estimate of drug-likeness (QED) is 0.673. The number of hydrogen-bond donors (Lipinski definition) is 3. The Kier molecular flexibility index (Phi) is 7.54. The van der Waals surface area contributed by atoms with Crippen molar-refractivity contribution in [1.82, 2.24) is 0 Å². The zero-order valence-corrected chi connectivity index (χ0v) is 16.5. The number of cyclic esters (lactones) is 1. The Morgan fingerprint density at radius 1 is 1.14 bits per heavy atom. The molecule has 0 bridgehead atoms. The molecular formula is C22H28O6. The number of hydrogen-bond acceptors (Lipinski definition) is 6. The van der Waals surface area contributed by atoms with Crippen LogP contribution < -0.4 is 0 Å². The molecular weight excluding hydrogens is 360 g/mol. The molecule has 0 amide bonds. The Labute approximate surface area is 165 Å². The lowest BCUT2D eigenvalue weighted by Crippen LogP contribution is -2.32. The van der Waals surface area contributed by atoms with Crippen molar-refractivity contribution in [2.45, 2.75) is 58.3 Å². The molecule has 1 aliphatic heterocycles. The average Bonchev–Trinajstić information content (AvgIpc) is 2.64. The molecule has 0 radical (unpaired) electrons. The monoisotopic (exact) mass is 388 g/mol. The smallest absolute Gasteiger partial charge is 0.342 e. The predicted octanol–water partition coefficient (Wildman–Crippen LogP) is 2.79. The summed E-state index contributed by atoms with van der Waals surface area (Å²) in [5, 5.41) is 30.5. The van der Waals surface area contributed by atoms with Gasteiger partial charge in [-0.25, -0.2) is 4.79 Å². The molecule has 6 nitrogen and oxygen atoms in total. The van der Waals surface area contributed by atoms with E-state index in [1.54, 1.807) is 38.1 Å². The van der Waals surface area contributed by atoms with Crippen molar-refractivity contribution < 1.29 is 29.6 Å². The highest BCUT2D eigenvalue weighted by atomic mass is 16.5. The van der Waals surface area contributed by atoms with E-state index in [0.29, 0.717) is 5.56 Å². The van der Waals surface area contributed by atoms with Crippen LogP contribution >= 0.6 is 0 Å². The molecule has 1 aliphatic rings. The van der Waals surface area contributed by atoms with Gasteiger partial charge in [0.25, 0.3) is 0 Å². The van der Waals surface area contributed by atoms with Gasteiger partial charge < -0.3 is 20.1 Å². The van der Waals surface area contributed by atoms with Crippen molar-refractivity contribution in [2.24, 2.45) is 5.92 Å². The van der Waals surface area contributed by atoms with Gasteiger partial charge in [-0.05, 0) is 43.0 Å². The summed E-state index contributed by atoms with van der Waals surface area (Å²) < 4.78 is 5.49. The first-order valence-corrected chi connectivity index (χ1v) is 9.56. The number of aryl methyl sites for hydroxylation is 1. The second-order valence-electron chi connectivity index (χ2n) is 7.21. The predicted molar refractivity (Wildman–Crippen MR) is 106 cm³/mol. The third-order valence-corrected chi connectivity index (χ3v) is 4.88. The Hall–Kier alpha value is -2.44. The van der Waals surface area contributed by atoms with Crippen LogP contribution in [0.5, 0.6) is 5.75 Å². The molecule has 0 aromatic heterocycles. The number of carbonyl (C=O) groups is 2. The maximum atomic E-state index is 12.7. The maximum absolute atomic E-state index is 12.7. The molecule has 0 saturated heterocycles. The Morgan fingerprint density at radius 3 is 2.54 bits per heavy atom. The summed E-state index contributed by atoms with van der Waals surface area (Å²) in [7, 11) is 0. The zero-order valence-electron chi connectivity index (χ0n) is 16.5.